The molecule has 3 unspecified atom stereocenters. The van der Waals surface area contributed by atoms with Crippen molar-refractivity contribution >= 4 is 5.78 Å². The summed E-state index contributed by atoms with van der Waals surface area (Å²) >= 11 is 0. The predicted octanol–water partition coefficient (Wildman–Crippen LogP) is 1.50. The molecule has 0 aromatic heterocycles. The third kappa shape index (κ3) is 2.58. The molecule has 1 heterocycles. The van der Waals surface area contributed by atoms with Gasteiger partial charge in [0.2, 0.25) is 0 Å². The zero-order valence-electron chi connectivity index (χ0n) is 9.28. The minimum Gasteiger partial charge on any atom is -0.381 e. The van der Waals surface area contributed by atoms with Crippen molar-refractivity contribution in [2.45, 2.75) is 44.6 Å². The van der Waals surface area contributed by atoms with Crippen LogP contribution < -0.4 is 5.73 Å². The van der Waals surface area contributed by atoms with Gasteiger partial charge in [-0.1, -0.05) is 12.8 Å². The summed E-state index contributed by atoms with van der Waals surface area (Å²) in [4.78, 5) is 12.2. The van der Waals surface area contributed by atoms with Crippen LogP contribution in [0.3, 0.4) is 0 Å². The van der Waals surface area contributed by atoms with Gasteiger partial charge in [-0.3, -0.25) is 4.79 Å². The Kier molecular flexibility index (Phi) is 3.76. The van der Waals surface area contributed by atoms with Gasteiger partial charge < -0.3 is 10.5 Å². The fraction of sp³-hybridized carbons (Fsp3) is 0.917. The summed E-state index contributed by atoms with van der Waals surface area (Å²) in [6.07, 6.45) is 6.39. The molecule has 0 amide bonds. The molecule has 2 rings (SSSR count). The van der Waals surface area contributed by atoms with Gasteiger partial charge in [0.05, 0.1) is 6.61 Å². The summed E-state index contributed by atoms with van der Waals surface area (Å²) in [6, 6.07) is 0.105. The zero-order valence-corrected chi connectivity index (χ0v) is 9.28. The maximum Gasteiger partial charge on any atom is 0.142 e. The molecule has 2 fully saturated rings. The second-order valence-electron chi connectivity index (χ2n) is 4.87. The highest BCUT2D eigenvalue weighted by Gasteiger charge is 2.33. The number of carbonyl (C=O) groups excluding carboxylic acids is 1. The normalized spacial score (nSPS) is 37.5. The number of ether oxygens (including phenoxy) is 1. The van der Waals surface area contributed by atoms with Crippen LogP contribution in [0.4, 0.5) is 0 Å². The molecule has 1 saturated heterocycles. The highest BCUT2D eigenvalue weighted by Crippen LogP contribution is 2.28. The van der Waals surface area contributed by atoms with E-state index in [1.54, 1.807) is 0 Å². The maximum absolute atomic E-state index is 12.2. The van der Waals surface area contributed by atoms with Gasteiger partial charge in [-0.05, 0) is 25.7 Å². The Morgan fingerprint density at radius 3 is 2.60 bits per heavy atom. The Morgan fingerprint density at radius 1 is 1.13 bits per heavy atom. The molecule has 1 saturated carbocycles. The lowest BCUT2D eigenvalue weighted by molar-refractivity contribution is -0.132. The van der Waals surface area contributed by atoms with E-state index in [4.69, 9.17) is 10.5 Å². The first-order chi connectivity index (χ1) is 7.29. The van der Waals surface area contributed by atoms with Crippen LogP contribution in [0.15, 0.2) is 0 Å². The molecule has 3 heteroatoms. The summed E-state index contributed by atoms with van der Waals surface area (Å²) in [5.41, 5.74) is 6.02. The topological polar surface area (TPSA) is 52.3 Å². The minimum absolute atomic E-state index is 0.105. The molecule has 2 N–H and O–H groups in total. The Labute approximate surface area is 91.4 Å². The molecule has 86 valence electrons. The van der Waals surface area contributed by atoms with Crippen LogP contribution in [0, 0.1) is 11.8 Å². The number of carbonyl (C=O) groups is 1. The van der Waals surface area contributed by atoms with E-state index >= 15 is 0 Å². The molecule has 0 radical (unpaired) electrons. The predicted molar refractivity (Wildman–Crippen MR) is 58.5 cm³/mol. The van der Waals surface area contributed by atoms with Crippen molar-refractivity contribution in [2.75, 3.05) is 13.2 Å². The summed E-state index contributed by atoms with van der Waals surface area (Å²) < 4.78 is 5.37. The van der Waals surface area contributed by atoms with Crippen molar-refractivity contribution < 1.29 is 9.53 Å². The van der Waals surface area contributed by atoms with E-state index in [9.17, 15) is 4.79 Å². The van der Waals surface area contributed by atoms with Crippen LogP contribution in [0.25, 0.3) is 0 Å². The Morgan fingerprint density at radius 2 is 1.93 bits per heavy atom. The van der Waals surface area contributed by atoms with Gasteiger partial charge in [-0.15, -0.1) is 0 Å². The Bertz CT molecular complexity index is 224. The van der Waals surface area contributed by atoms with Crippen LogP contribution in [0.2, 0.25) is 0 Å². The molecule has 2 aliphatic rings. The number of Topliss-reactive ketones (excluding diaryl/α,β-unsaturated/α-hetero) is 1. The molecule has 0 aromatic carbocycles. The van der Waals surface area contributed by atoms with Gasteiger partial charge in [0, 0.05) is 24.5 Å². The molecule has 1 aliphatic carbocycles. The molecule has 0 bridgehead atoms. The minimum atomic E-state index is 0.105. The smallest absolute Gasteiger partial charge is 0.142 e. The fourth-order valence-electron chi connectivity index (χ4n) is 2.78. The number of hydrogen-bond donors (Lipinski definition) is 1. The standard InChI is InChI=1S/C12H21NO2/c13-11-6-2-1-5-10(11)12(14)9-4-3-7-15-8-9/h9-11H,1-8,13H2. The summed E-state index contributed by atoms with van der Waals surface area (Å²) in [5, 5.41) is 0. The van der Waals surface area contributed by atoms with Crippen LogP contribution >= 0.6 is 0 Å². The van der Waals surface area contributed by atoms with Gasteiger partial charge in [-0.25, -0.2) is 0 Å². The number of nitrogens with two attached hydrogens (primary N) is 1. The van der Waals surface area contributed by atoms with E-state index in [-0.39, 0.29) is 17.9 Å². The number of rotatable bonds is 2. The first kappa shape index (κ1) is 11.1. The van der Waals surface area contributed by atoms with Gasteiger partial charge in [0.1, 0.15) is 5.78 Å². The maximum atomic E-state index is 12.2. The van der Waals surface area contributed by atoms with Crippen molar-refractivity contribution in [3.05, 3.63) is 0 Å². The SMILES string of the molecule is NC1CCCCC1C(=O)C1CCCOC1. The quantitative estimate of drug-likeness (QED) is 0.753. The Balaban J connectivity index is 1.92. The average Bonchev–Trinajstić information content (AvgIpc) is 2.30. The Hall–Kier alpha value is -0.410. The fourth-order valence-corrected chi connectivity index (χ4v) is 2.78. The van der Waals surface area contributed by atoms with Crippen LogP contribution in [-0.2, 0) is 9.53 Å². The van der Waals surface area contributed by atoms with E-state index in [1.165, 1.54) is 6.42 Å². The molecule has 0 spiro atoms. The molecular formula is C12H21NO2. The molecule has 3 atom stereocenters. The summed E-state index contributed by atoms with van der Waals surface area (Å²) in [7, 11) is 0. The molecule has 3 nitrogen and oxygen atoms in total. The monoisotopic (exact) mass is 211 g/mol. The first-order valence-corrected chi connectivity index (χ1v) is 6.16. The second-order valence-corrected chi connectivity index (χ2v) is 4.87. The summed E-state index contributed by atoms with van der Waals surface area (Å²) in [5.74, 6) is 0.625. The van der Waals surface area contributed by atoms with E-state index in [0.29, 0.717) is 12.4 Å². The molecule has 1 aliphatic heterocycles. The largest absolute Gasteiger partial charge is 0.381 e. The molecule has 0 aromatic rings. The van der Waals surface area contributed by atoms with Gasteiger partial charge in [0.15, 0.2) is 0 Å². The molecule has 15 heavy (non-hydrogen) atoms. The van der Waals surface area contributed by atoms with Gasteiger partial charge in [0.25, 0.3) is 0 Å². The lowest BCUT2D eigenvalue weighted by atomic mass is 9.77. The van der Waals surface area contributed by atoms with Crippen LogP contribution in [-0.4, -0.2) is 25.0 Å². The number of ketones is 1. The highest BCUT2D eigenvalue weighted by molar-refractivity contribution is 5.84. The van der Waals surface area contributed by atoms with Crippen LogP contribution in [0.5, 0.6) is 0 Å². The lowest BCUT2D eigenvalue weighted by Crippen LogP contribution is -2.42. The van der Waals surface area contributed by atoms with E-state index in [0.717, 1.165) is 38.7 Å². The van der Waals surface area contributed by atoms with Crippen molar-refractivity contribution in [3.8, 4) is 0 Å². The third-order valence-electron chi connectivity index (χ3n) is 3.75. The second kappa shape index (κ2) is 5.08. The van der Waals surface area contributed by atoms with E-state index in [2.05, 4.69) is 0 Å². The number of hydrogen-bond acceptors (Lipinski definition) is 3. The van der Waals surface area contributed by atoms with Gasteiger partial charge >= 0.3 is 0 Å². The van der Waals surface area contributed by atoms with Crippen molar-refractivity contribution in [1.82, 2.24) is 0 Å². The van der Waals surface area contributed by atoms with E-state index < -0.39 is 0 Å². The first-order valence-electron chi connectivity index (χ1n) is 6.16. The van der Waals surface area contributed by atoms with Crippen LogP contribution in [0.1, 0.15) is 38.5 Å². The third-order valence-corrected chi connectivity index (χ3v) is 3.75. The van der Waals surface area contributed by atoms with Crippen molar-refractivity contribution in [1.29, 1.82) is 0 Å². The van der Waals surface area contributed by atoms with Crippen molar-refractivity contribution in [2.24, 2.45) is 17.6 Å². The zero-order chi connectivity index (χ0) is 10.7. The average molecular weight is 211 g/mol. The highest BCUT2D eigenvalue weighted by atomic mass is 16.5. The lowest BCUT2D eigenvalue weighted by Gasteiger charge is -2.31. The van der Waals surface area contributed by atoms with Gasteiger partial charge in [-0.2, -0.15) is 0 Å². The molecular weight excluding hydrogens is 190 g/mol. The van der Waals surface area contributed by atoms with E-state index in [1.807, 2.05) is 0 Å². The summed E-state index contributed by atoms with van der Waals surface area (Å²) in [6.45, 7) is 1.45. The van der Waals surface area contributed by atoms with Crippen molar-refractivity contribution in [3.63, 3.8) is 0 Å².